The highest BCUT2D eigenvalue weighted by molar-refractivity contribution is 5.77. The monoisotopic (exact) mass is 818 g/mol. The first kappa shape index (κ1) is 56.3. The van der Waals surface area contributed by atoms with E-state index in [1.54, 1.807) is 0 Å². The number of esters is 1. The highest BCUT2D eigenvalue weighted by atomic mass is 16.5. The molecule has 3 unspecified atom stereocenters. The predicted molar refractivity (Wildman–Crippen MR) is 250 cm³/mol. The summed E-state index contributed by atoms with van der Waals surface area (Å²) < 4.78 is 5.88. The molecule has 3 N–H and O–H groups in total. The maximum absolute atomic E-state index is 13.1. The van der Waals surface area contributed by atoms with Gasteiger partial charge in [0.2, 0.25) is 5.91 Å². The molecule has 0 rings (SSSR count). The van der Waals surface area contributed by atoms with Crippen LogP contribution in [0.1, 0.15) is 271 Å². The van der Waals surface area contributed by atoms with Crippen LogP contribution < -0.4 is 5.32 Å². The molecule has 0 bridgehead atoms. The first-order valence-corrected chi connectivity index (χ1v) is 25.6. The smallest absolute Gasteiger partial charge is 0.306 e. The summed E-state index contributed by atoms with van der Waals surface area (Å²) in [7, 11) is 0. The minimum absolute atomic E-state index is 0.0635. The van der Waals surface area contributed by atoms with Crippen molar-refractivity contribution in [2.24, 2.45) is 0 Å². The number of amides is 1. The van der Waals surface area contributed by atoms with Crippen molar-refractivity contribution < 1.29 is 24.5 Å². The largest absolute Gasteiger partial charge is 0.462 e. The number of allylic oxidation sites excluding steroid dienone is 4. The Labute approximate surface area is 361 Å². The Morgan fingerprint density at radius 3 is 1.31 bits per heavy atom. The first-order valence-electron chi connectivity index (χ1n) is 25.6. The molecule has 0 spiro atoms. The number of ether oxygens (including phenoxy) is 1. The van der Waals surface area contributed by atoms with E-state index in [4.69, 9.17) is 4.74 Å². The zero-order chi connectivity index (χ0) is 42.4. The summed E-state index contributed by atoms with van der Waals surface area (Å²) in [5.41, 5.74) is 0. The Bertz CT molecular complexity index is 919. The predicted octanol–water partition coefficient (Wildman–Crippen LogP) is 15.1. The third-order valence-electron chi connectivity index (χ3n) is 11.7. The third kappa shape index (κ3) is 41.1. The van der Waals surface area contributed by atoms with Gasteiger partial charge in [-0.05, 0) is 70.6 Å². The fourth-order valence-electron chi connectivity index (χ4n) is 7.84. The van der Waals surface area contributed by atoms with E-state index >= 15 is 0 Å². The number of aliphatic hydroxyl groups excluding tert-OH is 2. The van der Waals surface area contributed by atoms with Crippen molar-refractivity contribution in [1.82, 2.24) is 5.32 Å². The minimum Gasteiger partial charge on any atom is -0.462 e. The summed E-state index contributed by atoms with van der Waals surface area (Å²) in [4.78, 5) is 26.0. The van der Waals surface area contributed by atoms with Crippen LogP contribution in [0, 0.1) is 0 Å². The van der Waals surface area contributed by atoms with E-state index < -0.39 is 18.2 Å². The van der Waals surface area contributed by atoms with Crippen LogP contribution in [0.4, 0.5) is 0 Å². The molecule has 58 heavy (non-hydrogen) atoms. The van der Waals surface area contributed by atoms with Crippen LogP contribution in [-0.2, 0) is 14.3 Å². The van der Waals surface area contributed by atoms with Gasteiger partial charge in [0.05, 0.1) is 25.2 Å². The fourth-order valence-corrected chi connectivity index (χ4v) is 7.84. The van der Waals surface area contributed by atoms with Crippen LogP contribution in [0.2, 0.25) is 0 Å². The van der Waals surface area contributed by atoms with Crippen molar-refractivity contribution in [3.05, 3.63) is 24.3 Å². The van der Waals surface area contributed by atoms with Gasteiger partial charge in [0.1, 0.15) is 6.10 Å². The molecule has 0 heterocycles. The Balaban J connectivity index is 4.39. The molecule has 3 atom stereocenters. The Morgan fingerprint density at radius 2 is 0.862 bits per heavy atom. The van der Waals surface area contributed by atoms with Gasteiger partial charge in [0, 0.05) is 6.42 Å². The molecule has 0 aliphatic heterocycles. The van der Waals surface area contributed by atoms with Crippen molar-refractivity contribution >= 4 is 11.9 Å². The van der Waals surface area contributed by atoms with Gasteiger partial charge in [0.25, 0.3) is 0 Å². The van der Waals surface area contributed by atoms with Crippen LogP contribution in [0.25, 0.3) is 0 Å². The summed E-state index contributed by atoms with van der Waals surface area (Å²) in [5.74, 6) is -0.503. The van der Waals surface area contributed by atoms with Crippen LogP contribution >= 0.6 is 0 Å². The molecule has 0 aromatic heterocycles. The molecule has 0 saturated heterocycles. The number of aliphatic hydroxyl groups is 2. The number of hydrogen-bond donors (Lipinski definition) is 3. The Morgan fingerprint density at radius 1 is 0.483 bits per heavy atom. The molecule has 6 nitrogen and oxygen atoms in total. The summed E-state index contributed by atoms with van der Waals surface area (Å²) in [6.07, 6.45) is 52.5. The van der Waals surface area contributed by atoms with Crippen LogP contribution in [0.3, 0.4) is 0 Å². The lowest BCUT2D eigenvalue weighted by molar-refractivity contribution is -0.151. The van der Waals surface area contributed by atoms with Crippen molar-refractivity contribution in [2.75, 3.05) is 6.61 Å². The maximum Gasteiger partial charge on any atom is 0.306 e. The molecule has 6 heteroatoms. The molecular weight excluding hydrogens is 719 g/mol. The lowest BCUT2D eigenvalue weighted by atomic mass is 10.0. The van der Waals surface area contributed by atoms with Crippen molar-refractivity contribution in [3.63, 3.8) is 0 Å². The van der Waals surface area contributed by atoms with E-state index in [9.17, 15) is 19.8 Å². The van der Waals surface area contributed by atoms with Crippen molar-refractivity contribution in [1.29, 1.82) is 0 Å². The summed E-state index contributed by atoms with van der Waals surface area (Å²) >= 11 is 0. The highest BCUT2D eigenvalue weighted by Crippen LogP contribution is 2.18. The molecule has 342 valence electrons. The lowest BCUT2D eigenvalue weighted by Crippen LogP contribution is -2.46. The Kier molecular flexibility index (Phi) is 45.1. The molecule has 0 saturated carbocycles. The fraction of sp³-hybridized carbons (Fsp3) is 0.885. The van der Waals surface area contributed by atoms with Crippen molar-refractivity contribution in [2.45, 2.75) is 289 Å². The van der Waals surface area contributed by atoms with E-state index in [1.807, 2.05) is 0 Å². The molecular formula is C52H99NO5. The SMILES string of the molecule is CCC/C=C\CCCCCC(CC(=O)NC(CO)C(O)CCCCCCCCCCCCCCCCCCC)OC(=O)CCCCC/C=C\CCCCCCCCC. The van der Waals surface area contributed by atoms with Gasteiger partial charge in [-0.25, -0.2) is 0 Å². The molecule has 0 aliphatic rings. The number of rotatable bonds is 46. The summed E-state index contributed by atoms with van der Waals surface area (Å²) in [6, 6.07) is -0.704. The molecule has 0 fully saturated rings. The molecule has 0 aromatic carbocycles. The molecule has 0 radical (unpaired) electrons. The van der Waals surface area contributed by atoms with Gasteiger partial charge in [0.15, 0.2) is 0 Å². The maximum atomic E-state index is 13.1. The van der Waals surface area contributed by atoms with Gasteiger partial charge >= 0.3 is 5.97 Å². The second-order valence-electron chi connectivity index (χ2n) is 17.6. The summed E-state index contributed by atoms with van der Waals surface area (Å²) in [5, 5.41) is 23.7. The van der Waals surface area contributed by atoms with Crippen LogP contribution in [-0.4, -0.2) is 46.9 Å². The van der Waals surface area contributed by atoms with Gasteiger partial charge < -0.3 is 20.3 Å². The van der Waals surface area contributed by atoms with E-state index in [2.05, 4.69) is 50.4 Å². The second kappa shape index (κ2) is 46.4. The van der Waals surface area contributed by atoms with E-state index in [1.165, 1.54) is 148 Å². The Hall–Kier alpha value is -1.66. The van der Waals surface area contributed by atoms with Crippen molar-refractivity contribution in [3.8, 4) is 0 Å². The first-order chi connectivity index (χ1) is 28.5. The van der Waals surface area contributed by atoms with Gasteiger partial charge in [-0.15, -0.1) is 0 Å². The number of unbranched alkanes of at least 4 members (excludes halogenated alkanes) is 30. The highest BCUT2D eigenvalue weighted by Gasteiger charge is 2.24. The number of hydrogen-bond acceptors (Lipinski definition) is 5. The number of nitrogens with one attached hydrogen (secondary N) is 1. The minimum atomic E-state index is -0.790. The summed E-state index contributed by atoms with van der Waals surface area (Å²) in [6.45, 7) is 6.42. The molecule has 0 aliphatic carbocycles. The lowest BCUT2D eigenvalue weighted by Gasteiger charge is -2.24. The standard InChI is InChI=1S/C52H99NO5/c1-4-7-10-13-16-19-21-23-25-26-27-28-30-32-35-38-41-44-50(55)49(47-54)53-51(56)46-48(43-40-37-34-18-15-12-9-6-3)58-52(57)45-42-39-36-33-31-29-24-22-20-17-14-11-8-5-2/h12,15,29,31,48-50,54-55H,4-11,13-14,16-28,30,32-47H2,1-3H3,(H,53,56)/b15-12-,31-29-. The average Bonchev–Trinajstić information content (AvgIpc) is 3.22. The van der Waals surface area contributed by atoms with E-state index in [-0.39, 0.29) is 24.9 Å². The normalized spacial score (nSPS) is 13.4. The van der Waals surface area contributed by atoms with Crippen LogP contribution in [0.5, 0.6) is 0 Å². The number of carbonyl (C=O) groups is 2. The third-order valence-corrected chi connectivity index (χ3v) is 11.7. The van der Waals surface area contributed by atoms with E-state index in [0.717, 1.165) is 77.0 Å². The zero-order valence-corrected chi connectivity index (χ0v) is 38.9. The van der Waals surface area contributed by atoms with Gasteiger partial charge in [-0.3, -0.25) is 9.59 Å². The number of carbonyl (C=O) groups excluding carboxylic acids is 2. The van der Waals surface area contributed by atoms with Gasteiger partial charge in [-0.1, -0.05) is 212 Å². The average molecular weight is 818 g/mol. The van der Waals surface area contributed by atoms with Gasteiger partial charge in [-0.2, -0.15) is 0 Å². The molecule has 0 aromatic rings. The van der Waals surface area contributed by atoms with E-state index in [0.29, 0.717) is 19.3 Å². The van der Waals surface area contributed by atoms with Crippen LogP contribution in [0.15, 0.2) is 24.3 Å². The second-order valence-corrected chi connectivity index (χ2v) is 17.6. The molecule has 1 amide bonds. The topological polar surface area (TPSA) is 95.9 Å². The quantitative estimate of drug-likeness (QED) is 0.0323. The zero-order valence-electron chi connectivity index (χ0n) is 38.9.